The summed E-state index contributed by atoms with van der Waals surface area (Å²) in [4.78, 5) is 12.9. The molecule has 0 saturated heterocycles. The van der Waals surface area contributed by atoms with Gasteiger partial charge in [-0.25, -0.2) is 8.42 Å². The summed E-state index contributed by atoms with van der Waals surface area (Å²) in [6.45, 7) is 4.43. The van der Waals surface area contributed by atoms with Crippen molar-refractivity contribution in [1.82, 2.24) is 9.62 Å². The van der Waals surface area contributed by atoms with E-state index in [1.54, 1.807) is 24.3 Å². The molecular weight excluding hydrogens is 396 g/mol. The molecule has 2 saturated carbocycles. The van der Waals surface area contributed by atoms with Crippen molar-refractivity contribution in [3.05, 3.63) is 65.2 Å². The van der Waals surface area contributed by atoms with E-state index in [-0.39, 0.29) is 12.5 Å². The van der Waals surface area contributed by atoms with Gasteiger partial charge >= 0.3 is 0 Å². The van der Waals surface area contributed by atoms with Gasteiger partial charge in [0.15, 0.2) is 0 Å². The van der Waals surface area contributed by atoms with Gasteiger partial charge in [0.1, 0.15) is 0 Å². The van der Waals surface area contributed by atoms with Gasteiger partial charge in [-0.2, -0.15) is 4.31 Å². The lowest BCUT2D eigenvalue weighted by Gasteiger charge is -2.23. The largest absolute Gasteiger partial charge is 0.349 e. The lowest BCUT2D eigenvalue weighted by molar-refractivity contribution is 0.0923. The van der Waals surface area contributed by atoms with Crippen LogP contribution in [0.2, 0.25) is 0 Å². The Labute approximate surface area is 179 Å². The van der Waals surface area contributed by atoms with Crippen molar-refractivity contribution < 1.29 is 13.2 Å². The smallest absolute Gasteiger partial charge is 0.251 e. The van der Waals surface area contributed by atoms with Crippen LogP contribution in [-0.4, -0.2) is 31.2 Å². The van der Waals surface area contributed by atoms with Gasteiger partial charge in [0.05, 0.1) is 4.90 Å². The van der Waals surface area contributed by atoms with E-state index in [2.05, 4.69) is 5.32 Å². The molecule has 2 aromatic carbocycles. The van der Waals surface area contributed by atoms with Crippen molar-refractivity contribution in [1.29, 1.82) is 0 Å². The maximum Gasteiger partial charge on any atom is 0.251 e. The predicted octanol–water partition coefficient (Wildman–Crippen LogP) is 4.12. The average molecular weight is 427 g/mol. The first kappa shape index (κ1) is 21.1. The van der Waals surface area contributed by atoms with E-state index in [0.29, 0.717) is 29.0 Å². The Balaban J connectivity index is 1.41. The van der Waals surface area contributed by atoms with Gasteiger partial charge in [-0.1, -0.05) is 43.2 Å². The molecule has 2 aliphatic carbocycles. The lowest BCUT2D eigenvalue weighted by Crippen LogP contribution is -2.38. The van der Waals surface area contributed by atoms with Crippen LogP contribution in [0, 0.1) is 18.8 Å². The van der Waals surface area contributed by atoms with Crippen LogP contribution in [0.5, 0.6) is 0 Å². The third-order valence-electron chi connectivity index (χ3n) is 6.64. The Hall–Kier alpha value is -2.18. The molecule has 0 unspecified atom stereocenters. The summed E-state index contributed by atoms with van der Waals surface area (Å²) in [5.74, 6) is 1.40. The van der Waals surface area contributed by atoms with E-state index in [9.17, 15) is 13.2 Å². The molecule has 160 valence electrons. The maximum atomic E-state index is 13.0. The molecule has 0 heterocycles. The van der Waals surface area contributed by atoms with Crippen LogP contribution in [0.1, 0.15) is 54.1 Å². The number of benzene rings is 2. The third kappa shape index (κ3) is 4.30. The number of nitrogens with zero attached hydrogens (tertiary/aromatic N) is 1. The molecule has 5 nitrogen and oxygen atoms in total. The molecular formula is C24H30N2O3S. The van der Waals surface area contributed by atoms with Crippen molar-refractivity contribution in [2.24, 2.45) is 11.8 Å². The standard InChI is InChI=1S/C24H30N2O3S/c1-3-26(30(28,29)22-12-4-17(2)5-13-22)16-18-6-9-20(10-7-18)24(27)25-23-15-19-8-11-21(23)14-19/h4-7,9-10,12-13,19,21,23H,3,8,11,14-16H2,1-2H3,(H,25,27)/t19-,21-,23+/m0/s1. The Morgan fingerprint density at radius 3 is 2.30 bits per heavy atom. The molecule has 2 bridgehead atoms. The van der Waals surface area contributed by atoms with Gasteiger partial charge < -0.3 is 5.32 Å². The van der Waals surface area contributed by atoms with Gasteiger partial charge in [0, 0.05) is 24.7 Å². The minimum atomic E-state index is -3.56. The monoisotopic (exact) mass is 426 g/mol. The Kier molecular flexibility index (Phi) is 5.98. The summed E-state index contributed by atoms with van der Waals surface area (Å²) < 4.78 is 27.4. The zero-order valence-electron chi connectivity index (χ0n) is 17.7. The van der Waals surface area contributed by atoms with E-state index in [1.165, 1.54) is 23.6 Å². The number of hydrogen-bond donors (Lipinski definition) is 1. The van der Waals surface area contributed by atoms with Gasteiger partial charge in [-0.15, -0.1) is 0 Å². The second-order valence-corrected chi connectivity index (χ2v) is 10.6. The minimum Gasteiger partial charge on any atom is -0.349 e. The molecule has 4 rings (SSSR count). The van der Waals surface area contributed by atoms with Crippen molar-refractivity contribution in [2.75, 3.05) is 6.54 Å². The van der Waals surface area contributed by atoms with Gasteiger partial charge in [-0.05, 0) is 67.9 Å². The van der Waals surface area contributed by atoms with Crippen LogP contribution in [-0.2, 0) is 16.6 Å². The first-order valence-electron chi connectivity index (χ1n) is 10.8. The molecule has 2 aromatic rings. The maximum absolute atomic E-state index is 13.0. The highest BCUT2D eigenvalue weighted by Gasteiger charge is 2.40. The zero-order chi connectivity index (χ0) is 21.3. The van der Waals surface area contributed by atoms with E-state index in [1.807, 2.05) is 38.1 Å². The van der Waals surface area contributed by atoms with E-state index >= 15 is 0 Å². The fraction of sp³-hybridized carbons (Fsp3) is 0.458. The van der Waals surface area contributed by atoms with Gasteiger partial charge in [-0.3, -0.25) is 4.79 Å². The predicted molar refractivity (Wildman–Crippen MR) is 118 cm³/mol. The van der Waals surface area contributed by atoms with Crippen LogP contribution in [0.15, 0.2) is 53.4 Å². The van der Waals surface area contributed by atoms with E-state index in [4.69, 9.17) is 0 Å². The summed E-state index contributed by atoms with van der Waals surface area (Å²) in [6.07, 6.45) is 4.91. The second kappa shape index (κ2) is 8.52. The fourth-order valence-corrected chi connectivity index (χ4v) is 6.30. The second-order valence-electron chi connectivity index (χ2n) is 8.70. The molecule has 0 aromatic heterocycles. The molecule has 0 radical (unpaired) electrons. The van der Waals surface area contributed by atoms with Crippen molar-refractivity contribution >= 4 is 15.9 Å². The molecule has 6 heteroatoms. The average Bonchev–Trinajstić information content (AvgIpc) is 3.36. The van der Waals surface area contributed by atoms with E-state index in [0.717, 1.165) is 23.5 Å². The fourth-order valence-electron chi connectivity index (χ4n) is 4.86. The quantitative estimate of drug-likeness (QED) is 0.724. The Morgan fingerprint density at radius 1 is 1.03 bits per heavy atom. The highest BCUT2D eigenvalue weighted by Crippen LogP contribution is 2.44. The Morgan fingerprint density at radius 2 is 1.73 bits per heavy atom. The number of aryl methyl sites for hydroxylation is 1. The number of amides is 1. The number of carbonyl (C=O) groups is 1. The number of fused-ring (bicyclic) bond motifs is 2. The number of carbonyl (C=O) groups excluding carboxylic acids is 1. The summed E-state index contributed by atoms with van der Waals surface area (Å²) in [7, 11) is -3.56. The normalized spacial score (nSPS) is 23.1. The first-order valence-corrected chi connectivity index (χ1v) is 12.3. The first-order chi connectivity index (χ1) is 14.4. The number of rotatable bonds is 7. The van der Waals surface area contributed by atoms with Gasteiger partial charge in [0.25, 0.3) is 5.91 Å². The molecule has 2 fully saturated rings. The lowest BCUT2D eigenvalue weighted by atomic mass is 9.95. The summed E-state index contributed by atoms with van der Waals surface area (Å²) in [6, 6.07) is 14.5. The number of hydrogen-bond acceptors (Lipinski definition) is 3. The van der Waals surface area contributed by atoms with Crippen molar-refractivity contribution in [2.45, 2.75) is 57.0 Å². The molecule has 1 amide bonds. The van der Waals surface area contributed by atoms with Crippen molar-refractivity contribution in [3.63, 3.8) is 0 Å². The summed E-state index contributed by atoms with van der Waals surface area (Å²) in [5, 5.41) is 3.20. The van der Waals surface area contributed by atoms with Crippen LogP contribution in [0.25, 0.3) is 0 Å². The molecule has 2 aliphatic rings. The highest BCUT2D eigenvalue weighted by atomic mass is 32.2. The van der Waals surface area contributed by atoms with E-state index < -0.39 is 10.0 Å². The highest BCUT2D eigenvalue weighted by molar-refractivity contribution is 7.89. The topological polar surface area (TPSA) is 66.5 Å². The summed E-state index contributed by atoms with van der Waals surface area (Å²) in [5.41, 5.74) is 2.52. The number of nitrogens with one attached hydrogen (secondary N) is 1. The third-order valence-corrected chi connectivity index (χ3v) is 8.58. The molecule has 3 atom stereocenters. The zero-order valence-corrected chi connectivity index (χ0v) is 18.5. The minimum absolute atomic E-state index is 0.0290. The molecule has 30 heavy (non-hydrogen) atoms. The molecule has 0 aliphatic heterocycles. The van der Waals surface area contributed by atoms with Crippen LogP contribution < -0.4 is 5.32 Å². The van der Waals surface area contributed by atoms with Crippen molar-refractivity contribution in [3.8, 4) is 0 Å². The van der Waals surface area contributed by atoms with Gasteiger partial charge in [0.2, 0.25) is 10.0 Å². The van der Waals surface area contributed by atoms with Crippen LogP contribution in [0.4, 0.5) is 0 Å². The molecule has 1 N–H and O–H groups in total. The summed E-state index contributed by atoms with van der Waals surface area (Å²) >= 11 is 0. The molecule has 0 spiro atoms. The Bertz CT molecular complexity index is 1000. The van der Waals surface area contributed by atoms with Crippen LogP contribution >= 0.6 is 0 Å². The SMILES string of the molecule is CCN(Cc1ccc(C(=O)N[C@@H]2C[C@H]3CC[C@H]2C3)cc1)S(=O)(=O)c1ccc(C)cc1. The number of sulfonamides is 1. The van der Waals surface area contributed by atoms with Crippen LogP contribution in [0.3, 0.4) is 0 Å².